The molecule has 1 saturated heterocycles. The molecular formula is C10H13N3O2. The minimum Gasteiger partial charge on any atom is -0.378 e. The maximum absolute atomic E-state index is 11.7. The van der Waals surface area contributed by atoms with Gasteiger partial charge in [0.25, 0.3) is 0 Å². The van der Waals surface area contributed by atoms with Gasteiger partial charge in [0, 0.05) is 19.3 Å². The van der Waals surface area contributed by atoms with Gasteiger partial charge < -0.3 is 15.0 Å². The van der Waals surface area contributed by atoms with Crippen LogP contribution in [0, 0.1) is 0 Å². The smallest absolute Gasteiger partial charge is 0.322 e. The highest BCUT2D eigenvalue weighted by atomic mass is 16.5. The molecule has 0 bridgehead atoms. The fourth-order valence-corrected chi connectivity index (χ4v) is 1.41. The van der Waals surface area contributed by atoms with Gasteiger partial charge in [0.15, 0.2) is 0 Å². The standard InChI is InChI=1S/C10H13N3O2/c14-10(13-4-6-15-7-5-13)12-9-2-1-3-11-8-9/h1-3,8H,4-7H2,(H,12,14). The van der Waals surface area contributed by atoms with Gasteiger partial charge in [-0.05, 0) is 12.1 Å². The topological polar surface area (TPSA) is 54.5 Å². The van der Waals surface area contributed by atoms with Gasteiger partial charge in [-0.15, -0.1) is 0 Å². The zero-order valence-corrected chi connectivity index (χ0v) is 8.35. The third kappa shape index (κ3) is 2.66. The van der Waals surface area contributed by atoms with Crippen molar-refractivity contribution in [1.29, 1.82) is 0 Å². The Bertz CT molecular complexity index is 323. The van der Waals surface area contributed by atoms with Crippen molar-refractivity contribution in [2.45, 2.75) is 0 Å². The fraction of sp³-hybridized carbons (Fsp3) is 0.400. The van der Waals surface area contributed by atoms with Gasteiger partial charge in [-0.1, -0.05) is 0 Å². The molecule has 0 unspecified atom stereocenters. The van der Waals surface area contributed by atoms with Crippen LogP contribution in [-0.4, -0.2) is 42.2 Å². The summed E-state index contributed by atoms with van der Waals surface area (Å²) in [6, 6.07) is 3.51. The van der Waals surface area contributed by atoms with Gasteiger partial charge in [-0.25, -0.2) is 4.79 Å². The number of aromatic nitrogens is 1. The molecule has 5 nitrogen and oxygen atoms in total. The number of pyridine rings is 1. The maximum atomic E-state index is 11.7. The molecule has 2 rings (SSSR count). The molecule has 0 aromatic carbocycles. The molecule has 2 heterocycles. The van der Waals surface area contributed by atoms with E-state index in [0.717, 1.165) is 0 Å². The largest absolute Gasteiger partial charge is 0.378 e. The second kappa shape index (κ2) is 4.75. The lowest BCUT2D eigenvalue weighted by molar-refractivity contribution is 0.0564. The first-order valence-electron chi connectivity index (χ1n) is 4.90. The Labute approximate surface area is 88.1 Å². The van der Waals surface area contributed by atoms with Crippen molar-refractivity contribution < 1.29 is 9.53 Å². The number of nitrogens with one attached hydrogen (secondary N) is 1. The molecule has 0 spiro atoms. The Kier molecular flexibility index (Phi) is 3.14. The van der Waals surface area contributed by atoms with E-state index in [1.54, 1.807) is 23.4 Å². The van der Waals surface area contributed by atoms with Crippen LogP contribution in [-0.2, 0) is 4.74 Å². The van der Waals surface area contributed by atoms with Crippen molar-refractivity contribution in [3.8, 4) is 0 Å². The summed E-state index contributed by atoms with van der Waals surface area (Å²) in [6.45, 7) is 2.51. The van der Waals surface area contributed by atoms with Gasteiger partial charge in [-0.2, -0.15) is 0 Å². The third-order valence-electron chi connectivity index (χ3n) is 2.21. The Morgan fingerprint density at radius 2 is 2.27 bits per heavy atom. The number of hydrogen-bond acceptors (Lipinski definition) is 3. The summed E-state index contributed by atoms with van der Waals surface area (Å²) in [4.78, 5) is 17.4. The number of anilines is 1. The predicted molar refractivity (Wildman–Crippen MR) is 55.6 cm³/mol. The summed E-state index contributed by atoms with van der Waals surface area (Å²) in [5.41, 5.74) is 0.717. The SMILES string of the molecule is O=C(Nc1cccnc1)N1CCOCC1. The number of ether oxygens (including phenoxy) is 1. The Balaban J connectivity index is 1.91. The summed E-state index contributed by atoms with van der Waals surface area (Å²) < 4.78 is 5.17. The molecule has 1 aliphatic heterocycles. The van der Waals surface area contributed by atoms with Gasteiger partial charge in [-0.3, -0.25) is 4.98 Å². The van der Waals surface area contributed by atoms with Crippen LogP contribution in [0.25, 0.3) is 0 Å². The molecule has 1 N–H and O–H groups in total. The number of hydrogen-bond donors (Lipinski definition) is 1. The number of rotatable bonds is 1. The maximum Gasteiger partial charge on any atom is 0.322 e. The molecule has 5 heteroatoms. The van der Waals surface area contributed by atoms with E-state index >= 15 is 0 Å². The van der Waals surface area contributed by atoms with Crippen LogP contribution in [0.2, 0.25) is 0 Å². The van der Waals surface area contributed by atoms with Crippen molar-refractivity contribution in [2.75, 3.05) is 31.6 Å². The monoisotopic (exact) mass is 207 g/mol. The summed E-state index contributed by atoms with van der Waals surface area (Å²) in [5.74, 6) is 0. The van der Waals surface area contributed by atoms with Crippen molar-refractivity contribution in [3.05, 3.63) is 24.5 Å². The average Bonchev–Trinajstić information content (AvgIpc) is 2.31. The van der Waals surface area contributed by atoms with Crippen LogP contribution in [0.3, 0.4) is 0 Å². The van der Waals surface area contributed by atoms with Crippen LogP contribution in [0.15, 0.2) is 24.5 Å². The first-order valence-corrected chi connectivity index (χ1v) is 4.90. The number of carbonyl (C=O) groups is 1. The number of urea groups is 1. The van der Waals surface area contributed by atoms with E-state index in [1.165, 1.54) is 0 Å². The molecule has 1 fully saturated rings. The minimum atomic E-state index is -0.0914. The van der Waals surface area contributed by atoms with E-state index in [9.17, 15) is 4.79 Å². The lowest BCUT2D eigenvalue weighted by Gasteiger charge is -2.26. The number of amides is 2. The molecule has 0 aliphatic carbocycles. The Morgan fingerprint density at radius 3 is 2.93 bits per heavy atom. The highest BCUT2D eigenvalue weighted by Crippen LogP contribution is 2.05. The zero-order chi connectivity index (χ0) is 10.5. The fourth-order valence-electron chi connectivity index (χ4n) is 1.41. The highest BCUT2D eigenvalue weighted by molar-refractivity contribution is 5.89. The molecule has 1 aromatic heterocycles. The van der Waals surface area contributed by atoms with Gasteiger partial charge in [0.2, 0.25) is 0 Å². The zero-order valence-electron chi connectivity index (χ0n) is 8.35. The van der Waals surface area contributed by atoms with E-state index in [0.29, 0.717) is 32.0 Å². The Hall–Kier alpha value is -1.62. The molecule has 0 saturated carbocycles. The molecular weight excluding hydrogens is 194 g/mol. The Morgan fingerprint density at radius 1 is 1.47 bits per heavy atom. The quantitative estimate of drug-likeness (QED) is 0.745. The van der Waals surface area contributed by atoms with Crippen LogP contribution in [0.1, 0.15) is 0 Å². The van der Waals surface area contributed by atoms with Crippen molar-refractivity contribution in [1.82, 2.24) is 9.88 Å². The number of nitrogens with zero attached hydrogens (tertiary/aromatic N) is 2. The summed E-state index contributed by atoms with van der Waals surface area (Å²) in [5, 5.41) is 2.78. The van der Waals surface area contributed by atoms with Crippen LogP contribution in [0.4, 0.5) is 10.5 Å². The third-order valence-corrected chi connectivity index (χ3v) is 2.21. The number of morpholine rings is 1. The lowest BCUT2D eigenvalue weighted by Crippen LogP contribution is -2.43. The van der Waals surface area contributed by atoms with Crippen molar-refractivity contribution in [3.63, 3.8) is 0 Å². The van der Waals surface area contributed by atoms with Gasteiger partial charge >= 0.3 is 6.03 Å². The molecule has 1 aliphatic rings. The van der Waals surface area contributed by atoms with E-state index in [4.69, 9.17) is 4.74 Å². The van der Waals surface area contributed by atoms with Crippen molar-refractivity contribution >= 4 is 11.7 Å². The van der Waals surface area contributed by atoms with Crippen molar-refractivity contribution in [2.24, 2.45) is 0 Å². The summed E-state index contributed by atoms with van der Waals surface area (Å²) >= 11 is 0. The lowest BCUT2D eigenvalue weighted by atomic mass is 10.4. The minimum absolute atomic E-state index is 0.0914. The molecule has 0 radical (unpaired) electrons. The van der Waals surface area contributed by atoms with Gasteiger partial charge in [0.05, 0.1) is 25.1 Å². The highest BCUT2D eigenvalue weighted by Gasteiger charge is 2.16. The molecule has 15 heavy (non-hydrogen) atoms. The van der Waals surface area contributed by atoms with E-state index in [1.807, 2.05) is 6.07 Å². The van der Waals surface area contributed by atoms with E-state index in [-0.39, 0.29) is 6.03 Å². The van der Waals surface area contributed by atoms with E-state index < -0.39 is 0 Å². The normalized spacial score (nSPS) is 16.1. The summed E-state index contributed by atoms with van der Waals surface area (Å²) in [6.07, 6.45) is 3.29. The second-order valence-electron chi connectivity index (χ2n) is 3.27. The average molecular weight is 207 g/mol. The van der Waals surface area contributed by atoms with Gasteiger partial charge in [0.1, 0.15) is 0 Å². The van der Waals surface area contributed by atoms with E-state index in [2.05, 4.69) is 10.3 Å². The number of carbonyl (C=O) groups excluding carboxylic acids is 1. The molecule has 0 atom stereocenters. The second-order valence-corrected chi connectivity index (χ2v) is 3.27. The van der Waals surface area contributed by atoms with Crippen LogP contribution in [0.5, 0.6) is 0 Å². The van der Waals surface area contributed by atoms with Crippen LogP contribution < -0.4 is 5.32 Å². The molecule has 1 aromatic rings. The summed E-state index contributed by atoms with van der Waals surface area (Å²) in [7, 11) is 0. The van der Waals surface area contributed by atoms with Crippen LogP contribution >= 0.6 is 0 Å². The first-order chi connectivity index (χ1) is 7.36. The molecule has 80 valence electrons. The molecule has 2 amide bonds. The first kappa shape index (κ1) is 9.92. The predicted octanol–water partition coefficient (Wildman–Crippen LogP) is 0.946.